The van der Waals surface area contributed by atoms with E-state index in [0.717, 1.165) is 18.5 Å². The van der Waals surface area contributed by atoms with Crippen LogP contribution < -0.4 is 5.32 Å². The van der Waals surface area contributed by atoms with Crippen molar-refractivity contribution in [3.63, 3.8) is 0 Å². The third kappa shape index (κ3) is 2.73. The van der Waals surface area contributed by atoms with Gasteiger partial charge in [-0.2, -0.15) is 0 Å². The monoisotopic (exact) mass is 333 g/mol. The largest absolute Gasteiger partial charge is 0.382 e. The van der Waals surface area contributed by atoms with Crippen molar-refractivity contribution >= 4 is 21.6 Å². The Labute approximate surface area is 127 Å². The second-order valence-corrected chi connectivity index (χ2v) is 6.35. The third-order valence-corrected chi connectivity index (χ3v) is 4.66. The number of aryl methyl sites for hydroxylation is 1. The van der Waals surface area contributed by atoms with E-state index in [1.54, 1.807) is 12.1 Å². The van der Waals surface area contributed by atoms with E-state index in [9.17, 15) is 4.39 Å². The zero-order valence-electron chi connectivity index (χ0n) is 11.4. The van der Waals surface area contributed by atoms with Gasteiger partial charge in [0.2, 0.25) is 0 Å². The van der Waals surface area contributed by atoms with Crippen LogP contribution in [0.2, 0.25) is 0 Å². The molecule has 3 heteroatoms. The first-order chi connectivity index (χ1) is 9.63. The van der Waals surface area contributed by atoms with Gasteiger partial charge in [0.15, 0.2) is 0 Å². The second kappa shape index (κ2) is 5.57. The van der Waals surface area contributed by atoms with Crippen molar-refractivity contribution in [1.29, 1.82) is 0 Å². The van der Waals surface area contributed by atoms with Crippen LogP contribution in [0.3, 0.4) is 0 Å². The van der Waals surface area contributed by atoms with Crippen LogP contribution in [0.1, 0.15) is 29.9 Å². The first-order valence-corrected chi connectivity index (χ1v) is 7.70. The second-order valence-electron chi connectivity index (χ2n) is 5.50. The molecule has 1 N–H and O–H groups in total. The van der Waals surface area contributed by atoms with Gasteiger partial charge in [-0.05, 0) is 70.9 Å². The van der Waals surface area contributed by atoms with Crippen molar-refractivity contribution in [3.05, 3.63) is 63.9 Å². The summed E-state index contributed by atoms with van der Waals surface area (Å²) in [7, 11) is 0. The van der Waals surface area contributed by atoms with E-state index < -0.39 is 0 Å². The minimum Gasteiger partial charge on any atom is -0.382 e. The van der Waals surface area contributed by atoms with E-state index in [0.29, 0.717) is 16.4 Å². The lowest BCUT2D eigenvalue weighted by Crippen LogP contribution is -2.34. The number of benzene rings is 2. The van der Waals surface area contributed by atoms with Crippen LogP contribution in [0.15, 0.2) is 46.9 Å². The lowest BCUT2D eigenvalue weighted by Gasteiger charge is -2.37. The lowest BCUT2D eigenvalue weighted by atomic mass is 9.74. The average molecular weight is 334 g/mol. The van der Waals surface area contributed by atoms with Gasteiger partial charge in [-0.25, -0.2) is 4.39 Å². The summed E-state index contributed by atoms with van der Waals surface area (Å²) in [6.45, 7) is 2.17. The number of rotatable bonds is 3. The van der Waals surface area contributed by atoms with Crippen LogP contribution >= 0.6 is 15.9 Å². The molecule has 0 heterocycles. The Hall–Kier alpha value is -1.35. The van der Waals surface area contributed by atoms with E-state index in [1.807, 2.05) is 0 Å². The van der Waals surface area contributed by atoms with Gasteiger partial charge in [-0.3, -0.25) is 0 Å². The Kier molecular flexibility index (Phi) is 3.79. The van der Waals surface area contributed by atoms with Crippen molar-refractivity contribution in [2.45, 2.75) is 31.7 Å². The van der Waals surface area contributed by atoms with Crippen molar-refractivity contribution in [1.82, 2.24) is 0 Å². The van der Waals surface area contributed by atoms with Crippen molar-refractivity contribution < 1.29 is 4.39 Å². The first-order valence-electron chi connectivity index (χ1n) is 6.90. The maximum absolute atomic E-state index is 13.2. The first kappa shape index (κ1) is 13.6. The molecule has 1 fully saturated rings. The summed E-state index contributed by atoms with van der Waals surface area (Å²) in [6.07, 6.45) is 2.28. The van der Waals surface area contributed by atoms with Crippen LogP contribution in [-0.4, -0.2) is 6.04 Å². The van der Waals surface area contributed by atoms with Crippen molar-refractivity contribution in [2.24, 2.45) is 0 Å². The van der Waals surface area contributed by atoms with Crippen LogP contribution in [-0.2, 0) is 0 Å². The topological polar surface area (TPSA) is 12.0 Å². The molecule has 1 aliphatic rings. The van der Waals surface area contributed by atoms with E-state index >= 15 is 0 Å². The summed E-state index contributed by atoms with van der Waals surface area (Å²) in [4.78, 5) is 0. The summed E-state index contributed by atoms with van der Waals surface area (Å²) < 4.78 is 13.7. The van der Waals surface area contributed by atoms with Gasteiger partial charge in [-0.15, -0.1) is 0 Å². The van der Waals surface area contributed by atoms with Crippen LogP contribution in [0.25, 0.3) is 0 Å². The zero-order valence-corrected chi connectivity index (χ0v) is 13.0. The molecule has 104 valence electrons. The molecule has 0 atom stereocenters. The molecule has 0 bridgehead atoms. The molecule has 0 spiro atoms. The molecule has 0 saturated heterocycles. The van der Waals surface area contributed by atoms with E-state index in [1.165, 1.54) is 17.2 Å². The Balaban J connectivity index is 1.61. The summed E-state index contributed by atoms with van der Waals surface area (Å²) in [5.41, 5.74) is 3.82. The fourth-order valence-electron chi connectivity index (χ4n) is 2.86. The Bertz CT molecular complexity index is 620. The summed E-state index contributed by atoms with van der Waals surface area (Å²) in [5.74, 6) is 0.430. The average Bonchev–Trinajstić information content (AvgIpc) is 2.39. The highest BCUT2D eigenvalue weighted by atomic mass is 79.9. The van der Waals surface area contributed by atoms with Crippen molar-refractivity contribution in [2.75, 3.05) is 5.32 Å². The number of halogens is 2. The predicted octanol–water partition coefficient (Wildman–Crippen LogP) is 5.25. The van der Waals surface area contributed by atoms with Gasteiger partial charge in [0.05, 0.1) is 4.47 Å². The van der Waals surface area contributed by atoms with Gasteiger partial charge in [0, 0.05) is 11.7 Å². The molecule has 2 aromatic carbocycles. The smallest absolute Gasteiger partial charge is 0.137 e. The maximum atomic E-state index is 13.2. The summed E-state index contributed by atoms with van der Waals surface area (Å²) in [5, 5.41) is 3.47. The molecule has 0 unspecified atom stereocenters. The maximum Gasteiger partial charge on any atom is 0.137 e. The number of nitrogens with one attached hydrogen (secondary N) is 1. The standard InChI is InChI=1S/C17H17BrFN/c1-11-4-2-3-5-15(11)12-8-14(9-12)20-13-6-7-17(19)16(18)10-13/h2-7,10,12,14,20H,8-9H2,1H3. The minimum absolute atomic E-state index is 0.220. The number of anilines is 1. The predicted molar refractivity (Wildman–Crippen MR) is 84.7 cm³/mol. The van der Waals surface area contributed by atoms with Crippen LogP contribution in [0.4, 0.5) is 10.1 Å². The number of hydrogen-bond donors (Lipinski definition) is 1. The highest BCUT2D eigenvalue weighted by Gasteiger charge is 2.30. The SMILES string of the molecule is Cc1ccccc1C1CC(Nc2ccc(F)c(Br)c2)C1. The van der Waals surface area contributed by atoms with Gasteiger partial charge >= 0.3 is 0 Å². The Morgan fingerprint density at radius 3 is 2.60 bits per heavy atom. The minimum atomic E-state index is -0.220. The summed E-state index contributed by atoms with van der Waals surface area (Å²) >= 11 is 3.22. The van der Waals surface area contributed by atoms with Gasteiger partial charge in [0.25, 0.3) is 0 Å². The molecule has 20 heavy (non-hydrogen) atoms. The highest BCUT2D eigenvalue weighted by molar-refractivity contribution is 9.10. The van der Waals surface area contributed by atoms with Gasteiger partial charge in [-0.1, -0.05) is 24.3 Å². The highest BCUT2D eigenvalue weighted by Crippen LogP contribution is 2.39. The molecular weight excluding hydrogens is 317 g/mol. The molecule has 1 aliphatic carbocycles. The van der Waals surface area contributed by atoms with E-state index in [-0.39, 0.29) is 5.82 Å². The normalized spacial score (nSPS) is 21.4. The molecule has 0 aliphatic heterocycles. The molecule has 1 saturated carbocycles. The molecular formula is C17H17BrFN. The quantitative estimate of drug-likeness (QED) is 0.808. The van der Waals surface area contributed by atoms with Gasteiger partial charge in [0.1, 0.15) is 5.82 Å². The van der Waals surface area contributed by atoms with E-state index in [4.69, 9.17) is 0 Å². The van der Waals surface area contributed by atoms with Crippen molar-refractivity contribution in [3.8, 4) is 0 Å². The zero-order chi connectivity index (χ0) is 14.1. The lowest BCUT2D eigenvalue weighted by molar-refractivity contribution is 0.373. The Morgan fingerprint density at radius 2 is 1.90 bits per heavy atom. The fourth-order valence-corrected chi connectivity index (χ4v) is 3.23. The molecule has 1 nitrogen and oxygen atoms in total. The van der Waals surface area contributed by atoms with Crippen LogP contribution in [0, 0.1) is 12.7 Å². The van der Waals surface area contributed by atoms with Crippen LogP contribution in [0.5, 0.6) is 0 Å². The third-order valence-electron chi connectivity index (χ3n) is 4.06. The van der Waals surface area contributed by atoms with Gasteiger partial charge < -0.3 is 5.32 Å². The fraction of sp³-hybridized carbons (Fsp3) is 0.294. The molecule has 0 amide bonds. The molecule has 2 aromatic rings. The molecule has 3 rings (SSSR count). The molecule has 0 radical (unpaired) electrons. The summed E-state index contributed by atoms with van der Waals surface area (Å²) in [6, 6.07) is 14.2. The Morgan fingerprint density at radius 1 is 1.15 bits per heavy atom. The molecule has 0 aromatic heterocycles. The van der Waals surface area contributed by atoms with E-state index in [2.05, 4.69) is 52.4 Å². The number of hydrogen-bond acceptors (Lipinski definition) is 1.